The molecule has 2 rings (SSSR count). The number of amides is 1. The quantitative estimate of drug-likeness (QED) is 0.819. The molecule has 0 radical (unpaired) electrons. The molecule has 3 nitrogen and oxygen atoms in total. The summed E-state index contributed by atoms with van der Waals surface area (Å²) in [5.41, 5.74) is 0.822. The van der Waals surface area contributed by atoms with Crippen molar-refractivity contribution in [2.45, 2.75) is 0 Å². The van der Waals surface area contributed by atoms with Crippen molar-refractivity contribution < 1.29 is 4.79 Å². The standard InChI is InChI=1S/C12H7BrCl2N2O/c13-7-3-4-8(9(14)6-7)12(18)17-10-2-1-5-16-11(10)15/h1-6H,(H,17,18). The van der Waals surface area contributed by atoms with E-state index in [0.717, 1.165) is 4.47 Å². The summed E-state index contributed by atoms with van der Waals surface area (Å²) in [5, 5.41) is 3.25. The molecule has 1 aromatic carbocycles. The third-order valence-corrected chi connectivity index (χ3v) is 3.29. The van der Waals surface area contributed by atoms with Crippen molar-refractivity contribution in [3.8, 4) is 0 Å². The average Bonchev–Trinajstić information content (AvgIpc) is 2.32. The Morgan fingerprint density at radius 3 is 2.72 bits per heavy atom. The van der Waals surface area contributed by atoms with Crippen molar-refractivity contribution in [1.29, 1.82) is 0 Å². The van der Waals surface area contributed by atoms with Crippen LogP contribution in [-0.2, 0) is 0 Å². The van der Waals surface area contributed by atoms with Crippen molar-refractivity contribution >= 4 is 50.7 Å². The number of nitrogens with one attached hydrogen (secondary N) is 1. The van der Waals surface area contributed by atoms with Crippen LogP contribution in [0.4, 0.5) is 5.69 Å². The van der Waals surface area contributed by atoms with E-state index in [1.165, 1.54) is 0 Å². The van der Waals surface area contributed by atoms with Gasteiger partial charge in [-0.2, -0.15) is 0 Å². The summed E-state index contributed by atoms with van der Waals surface area (Å²) in [6.07, 6.45) is 1.55. The normalized spacial score (nSPS) is 10.2. The molecule has 1 aromatic heterocycles. The van der Waals surface area contributed by atoms with Crippen molar-refractivity contribution in [2.75, 3.05) is 5.32 Å². The Morgan fingerprint density at radius 2 is 2.06 bits per heavy atom. The first kappa shape index (κ1) is 13.3. The largest absolute Gasteiger partial charge is 0.319 e. The zero-order valence-corrected chi connectivity index (χ0v) is 12.1. The van der Waals surface area contributed by atoms with Gasteiger partial charge in [0, 0.05) is 10.7 Å². The number of carbonyl (C=O) groups is 1. The number of nitrogens with zero attached hydrogens (tertiary/aromatic N) is 1. The predicted octanol–water partition coefficient (Wildman–Crippen LogP) is 4.40. The Morgan fingerprint density at radius 1 is 1.28 bits per heavy atom. The molecule has 0 aliphatic rings. The molecule has 0 aliphatic carbocycles. The Kier molecular flexibility index (Phi) is 4.22. The van der Waals surface area contributed by atoms with Crippen molar-refractivity contribution in [3.05, 3.63) is 56.7 Å². The molecule has 1 amide bonds. The molecule has 0 atom stereocenters. The Bertz CT molecular complexity index is 604. The smallest absolute Gasteiger partial charge is 0.257 e. The number of rotatable bonds is 2. The molecule has 6 heteroatoms. The number of aromatic nitrogens is 1. The lowest BCUT2D eigenvalue weighted by atomic mass is 10.2. The fraction of sp³-hybridized carbons (Fsp3) is 0. The van der Waals surface area contributed by atoms with Crippen molar-refractivity contribution in [1.82, 2.24) is 4.98 Å². The van der Waals surface area contributed by atoms with Gasteiger partial charge in [-0.15, -0.1) is 0 Å². The van der Waals surface area contributed by atoms with Gasteiger partial charge in [0.15, 0.2) is 5.15 Å². The fourth-order valence-corrected chi connectivity index (χ4v) is 2.27. The van der Waals surface area contributed by atoms with E-state index in [4.69, 9.17) is 23.2 Å². The molecule has 92 valence electrons. The van der Waals surface area contributed by atoms with Crippen LogP contribution in [-0.4, -0.2) is 10.9 Å². The van der Waals surface area contributed by atoms with Gasteiger partial charge < -0.3 is 5.32 Å². The number of benzene rings is 1. The van der Waals surface area contributed by atoms with E-state index in [0.29, 0.717) is 16.3 Å². The molecule has 2 aromatic rings. The van der Waals surface area contributed by atoms with Gasteiger partial charge in [-0.25, -0.2) is 4.98 Å². The van der Waals surface area contributed by atoms with Gasteiger partial charge >= 0.3 is 0 Å². The van der Waals surface area contributed by atoms with Crippen molar-refractivity contribution in [3.63, 3.8) is 0 Å². The van der Waals surface area contributed by atoms with Crippen LogP contribution in [0, 0.1) is 0 Å². The Labute approximate surface area is 122 Å². The van der Waals surface area contributed by atoms with E-state index < -0.39 is 0 Å². The maximum atomic E-state index is 12.0. The summed E-state index contributed by atoms with van der Waals surface area (Å²) in [6, 6.07) is 8.38. The zero-order chi connectivity index (χ0) is 13.1. The van der Waals surface area contributed by atoms with Crippen molar-refractivity contribution in [2.24, 2.45) is 0 Å². The van der Waals surface area contributed by atoms with E-state index in [9.17, 15) is 4.79 Å². The first-order valence-electron chi connectivity index (χ1n) is 4.95. The minimum absolute atomic E-state index is 0.235. The second kappa shape index (κ2) is 5.69. The molecule has 0 fully saturated rings. The Balaban J connectivity index is 2.25. The topological polar surface area (TPSA) is 42.0 Å². The maximum Gasteiger partial charge on any atom is 0.257 e. The molecule has 1 heterocycles. The lowest BCUT2D eigenvalue weighted by Crippen LogP contribution is -2.13. The lowest BCUT2D eigenvalue weighted by molar-refractivity contribution is 0.102. The number of hydrogen-bond donors (Lipinski definition) is 1. The van der Waals surface area contributed by atoms with Crippen LogP contribution >= 0.6 is 39.1 Å². The van der Waals surface area contributed by atoms with Crippen LogP contribution in [0.2, 0.25) is 10.2 Å². The first-order chi connectivity index (χ1) is 8.58. The van der Waals surface area contributed by atoms with E-state index >= 15 is 0 Å². The second-order valence-electron chi connectivity index (χ2n) is 3.42. The van der Waals surface area contributed by atoms with Gasteiger partial charge in [-0.1, -0.05) is 39.1 Å². The maximum absolute atomic E-state index is 12.0. The van der Waals surface area contributed by atoms with Crippen LogP contribution in [0.1, 0.15) is 10.4 Å². The minimum Gasteiger partial charge on any atom is -0.319 e. The summed E-state index contributed by atoms with van der Waals surface area (Å²) in [4.78, 5) is 15.9. The molecule has 0 aliphatic heterocycles. The molecule has 0 bridgehead atoms. The van der Waals surface area contributed by atoms with E-state index in [1.54, 1.807) is 36.5 Å². The molecule has 0 spiro atoms. The van der Waals surface area contributed by atoms with E-state index in [1.807, 2.05) is 0 Å². The number of pyridine rings is 1. The fourth-order valence-electron chi connectivity index (χ4n) is 1.34. The molecule has 0 unspecified atom stereocenters. The molecular formula is C12H7BrCl2N2O. The van der Waals surface area contributed by atoms with Gasteiger partial charge in [0.1, 0.15) is 0 Å². The predicted molar refractivity (Wildman–Crippen MR) is 76.4 cm³/mol. The third-order valence-electron chi connectivity index (χ3n) is 2.18. The molecule has 18 heavy (non-hydrogen) atoms. The highest BCUT2D eigenvalue weighted by molar-refractivity contribution is 9.10. The Hall–Kier alpha value is -1.10. The summed E-state index contributed by atoms with van der Waals surface area (Å²) >= 11 is 15.1. The number of carbonyl (C=O) groups excluding carboxylic acids is 1. The second-order valence-corrected chi connectivity index (χ2v) is 5.10. The highest BCUT2D eigenvalue weighted by atomic mass is 79.9. The summed E-state index contributed by atoms with van der Waals surface area (Å²) in [5.74, 6) is -0.331. The number of anilines is 1. The number of halogens is 3. The van der Waals surface area contributed by atoms with Gasteiger partial charge in [-0.05, 0) is 30.3 Å². The van der Waals surface area contributed by atoms with Crippen LogP contribution in [0.3, 0.4) is 0 Å². The number of hydrogen-bond acceptors (Lipinski definition) is 2. The molecular weight excluding hydrogens is 339 g/mol. The minimum atomic E-state index is -0.331. The highest BCUT2D eigenvalue weighted by Crippen LogP contribution is 2.24. The van der Waals surface area contributed by atoms with Crippen LogP contribution < -0.4 is 5.32 Å². The lowest BCUT2D eigenvalue weighted by Gasteiger charge is -2.07. The summed E-state index contributed by atoms with van der Waals surface area (Å²) in [6.45, 7) is 0. The van der Waals surface area contributed by atoms with Gasteiger partial charge in [0.2, 0.25) is 0 Å². The molecule has 1 N–H and O–H groups in total. The van der Waals surface area contributed by atoms with E-state index in [2.05, 4.69) is 26.2 Å². The third kappa shape index (κ3) is 3.02. The first-order valence-corrected chi connectivity index (χ1v) is 6.50. The molecule has 0 saturated heterocycles. The van der Waals surface area contributed by atoms with Crippen LogP contribution in [0.15, 0.2) is 41.0 Å². The highest BCUT2D eigenvalue weighted by Gasteiger charge is 2.12. The summed E-state index contributed by atoms with van der Waals surface area (Å²) < 4.78 is 0.809. The summed E-state index contributed by atoms with van der Waals surface area (Å²) in [7, 11) is 0. The van der Waals surface area contributed by atoms with E-state index in [-0.39, 0.29) is 11.1 Å². The van der Waals surface area contributed by atoms with Crippen LogP contribution in [0.5, 0.6) is 0 Å². The van der Waals surface area contributed by atoms with Gasteiger partial charge in [0.25, 0.3) is 5.91 Å². The average molecular weight is 346 g/mol. The van der Waals surface area contributed by atoms with Gasteiger partial charge in [-0.3, -0.25) is 4.79 Å². The molecule has 0 saturated carbocycles. The van der Waals surface area contributed by atoms with Gasteiger partial charge in [0.05, 0.1) is 16.3 Å². The van der Waals surface area contributed by atoms with Crippen LogP contribution in [0.25, 0.3) is 0 Å². The zero-order valence-electron chi connectivity index (χ0n) is 8.95. The monoisotopic (exact) mass is 344 g/mol. The SMILES string of the molecule is O=C(Nc1cccnc1Cl)c1ccc(Br)cc1Cl.